The molecule has 0 aliphatic heterocycles. The number of nitrogens with zero attached hydrogens (tertiary/aromatic N) is 1. The van der Waals surface area contributed by atoms with Gasteiger partial charge in [0.2, 0.25) is 5.91 Å². The van der Waals surface area contributed by atoms with Crippen LogP contribution in [0.2, 0.25) is 0 Å². The summed E-state index contributed by atoms with van der Waals surface area (Å²) in [5, 5.41) is 6.10. The Hall–Kier alpha value is -1.89. The van der Waals surface area contributed by atoms with Gasteiger partial charge in [0.05, 0.1) is 5.75 Å². The number of thioether (sulfide) groups is 1. The number of benzene rings is 1. The van der Waals surface area contributed by atoms with Crippen molar-refractivity contribution in [2.24, 2.45) is 0 Å². The summed E-state index contributed by atoms with van der Waals surface area (Å²) in [5.74, 6) is -0.800. The molecule has 2 rings (SSSR count). The summed E-state index contributed by atoms with van der Waals surface area (Å²) in [5.41, 5.74) is 0. The maximum atomic E-state index is 13.3. The Kier molecular flexibility index (Phi) is 4.16. The van der Waals surface area contributed by atoms with E-state index in [1.54, 1.807) is 13.0 Å². The van der Waals surface area contributed by atoms with Gasteiger partial charge < -0.3 is 9.84 Å². The second-order valence-electron chi connectivity index (χ2n) is 3.73. The van der Waals surface area contributed by atoms with Crippen LogP contribution in [0.1, 0.15) is 5.76 Å². The molecule has 1 heterocycles. The van der Waals surface area contributed by atoms with Crippen LogP contribution >= 0.6 is 11.8 Å². The molecule has 0 saturated carbocycles. The Labute approximate surface area is 112 Å². The second-order valence-corrected chi connectivity index (χ2v) is 4.75. The molecule has 0 bridgehead atoms. The molecule has 1 N–H and O–H groups in total. The van der Waals surface area contributed by atoms with Gasteiger partial charge in [0.15, 0.2) is 5.82 Å². The maximum absolute atomic E-state index is 13.3. The normalized spacial score (nSPS) is 10.5. The average Bonchev–Trinajstić information content (AvgIpc) is 2.73. The van der Waals surface area contributed by atoms with E-state index in [0.29, 0.717) is 11.6 Å². The van der Waals surface area contributed by atoms with Crippen LogP contribution in [0, 0.1) is 18.6 Å². The number of aromatic nitrogens is 1. The van der Waals surface area contributed by atoms with Crippen molar-refractivity contribution >= 4 is 23.5 Å². The third kappa shape index (κ3) is 3.78. The van der Waals surface area contributed by atoms with Gasteiger partial charge in [-0.1, -0.05) is 5.16 Å². The first-order valence-electron chi connectivity index (χ1n) is 5.35. The number of carbonyl (C=O) groups is 1. The zero-order valence-electron chi connectivity index (χ0n) is 9.94. The summed E-state index contributed by atoms with van der Waals surface area (Å²) in [7, 11) is 0. The summed E-state index contributed by atoms with van der Waals surface area (Å²) in [6.07, 6.45) is 0. The van der Waals surface area contributed by atoms with Crippen molar-refractivity contribution in [3.8, 4) is 0 Å². The van der Waals surface area contributed by atoms with Crippen molar-refractivity contribution in [3.05, 3.63) is 41.7 Å². The van der Waals surface area contributed by atoms with Gasteiger partial charge in [-0.2, -0.15) is 0 Å². The van der Waals surface area contributed by atoms with E-state index < -0.39 is 11.6 Å². The molecule has 19 heavy (non-hydrogen) atoms. The summed E-state index contributed by atoms with van der Waals surface area (Å²) in [6.45, 7) is 1.70. The first kappa shape index (κ1) is 13.5. The standard InChI is InChI=1S/C12H10F2N2O2S/c1-7-4-11(16-18-7)15-12(17)6-19-10-3-2-8(13)5-9(10)14/h2-5H,6H2,1H3,(H,15,16,17). The molecule has 0 unspecified atom stereocenters. The molecule has 1 amide bonds. The first-order valence-corrected chi connectivity index (χ1v) is 6.34. The Morgan fingerprint density at radius 1 is 1.42 bits per heavy atom. The highest BCUT2D eigenvalue weighted by Crippen LogP contribution is 2.22. The smallest absolute Gasteiger partial charge is 0.235 e. The lowest BCUT2D eigenvalue weighted by molar-refractivity contribution is -0.113. The molecule has 2 aromatic rings. The summed E-state index contributed by atoms with van der Waals surface area (Å²) < 4.78 is 30.8. The highest BCUT2D eigenvalue weighted by atomic mass is 32.2. The van der Waals surface area contributed by atoms with Crippen molar-refractivity contribution in [3.63, 3.8) is 0 Å². The zero-order chi connectivity index (χ0) is 13.8. The molecule has 100 valence electrons. The Balaban J connectivity index is 1.89. The Bertz CT molecular complexity index is 601. The number of carbonyl (C=O) groups excluding carboxylic acids is 1. The molecule has 0 aliphatic rings. The highest BCUT2D eigenvalue weighted by Gasteiger charge is 2.09. The van der Waals surface area contributed by atoms with Crippen molar-refractivity contribution < 1.29 is 18.1 Å². The van der Waals surface area contributed by atoms with Crippen molar-refractivity contribution in [1.82, 2.24) is 5.16 Å². The lowest BCUT2D eigenvalue weighted by Crippen LogP contribution is -2.14. The van der Waals surface area contributed by atoms with E-state index >= 15 is 0 Å². The molecule has 0 aliphatic carbocycles. The molecule has 0 radical (unpaired) electrons. The Morgan fingerprint density at radius 2 is 2.21 bits per heavy atom. The molecule has 0 spiro atoms. The van der Waals surface area contributed by atoms with Gasteiger partial charge in [-0.15, -0.1) is 11.8 Å². The minimum absolute atomic E-state index is 0.00550. The summed E-state index contributed by atoms with van der Waals surface area (Å²) >= 11 is 0.978. The molecule has 1 aromatic heterocycles. The molecule has 0 saturated heterocycles. The minimum atomic E-state index is -0.685. The van der Waals surface area contributed by atoms with E-state index in [9.17, 15) is 13.6 Å². The fourth-order valence-electron chi connectivity index (χ4n) is 1.34. The van der Waals surface area contributed by atoms with Crippen LogP contribution in [0.15, 0.2) is 33.7 Å². The number of halogens is 2. The van der Waals surface area contributed by atoms with Gasteiger partial charge in [0.25, 0.3) is 0 Å². The van der Waals surface area contributed by atoms with E-state index in [2.05, 4.69) is 10.5 Å². The third-order valence-electron chi connectivity index (χ3n) is 2.15. The van der Waals surface area contributed by atoms with E-state index in [0.717, 1.165) is 23.9 Å². The van der Waals surface area contributed by atoms with Gasteiger partial charge in [0.1, 0.15) is 17.4 Å². The van der Waals surface area contributed by atoms with Gasteiger partial charge in [-0.3, -0.25) is 4.79 Å². The predicted octanol–water partition coefficient (Wildman–Crippen LogP) is 2.99. The summed E-state index contributed by atoms with van der Waals surface area (Å²) in [4.78, 5) is 11.8. The van der Waals surface area contributed by atoms with Crippen molar-refractivity contribution in [2.75, 3.05) is 11.1 Å². The predicted molar refractivity (Wildman–Crippen MR) is 67.0 cm³/mol. The monoisotopic (exact) mass is 284 g/mol. The van der Waals surface area contributed by atoms with Crippen LogP contribution in [-0.4, -0.2) is 16.8 Å². The van der Waals surface area contributed by atoms with Crippen molar-refractivity contribution in [1.29, 1.82) is 0 Å². The first-order chi connectivity index (χ1) is 9.04. The van der Waals surface area contributed by atoms with Crippen LogP contribution in [0.25, 0.3) is 0 Å². The number of aryl methyl sites for hydroxylation is 1. The molecular weight excluding hydrogens is 274 g/mol. The largest absolute Gasteiger partial charge is 0.360 e. The van der Waals surface area contributed by atoms with Crippen LogP contribution in [0.5, 0.6) is 0 Å². The van der Waals surface area contributed by atoms with E-state index in [4.69, 9.17) is 4.52 Å². The number of amides is 1. The molecule has 1 aromatic carbocycles. The highest BCUT2D eigenvalue weighted by molar-refractivity contribution is 8.00. The number of hydrogen-bond donors (Lipinski definition) is 1. The van der Waals surface area contributed by atoms with E-state index in [-0.39, 0.29) is 16.6 Å². The Morgan fingerprint density at radius 3 is 2.84 bits per heavy atom. The number of anilines is 1. The molecule has 0 fully saturated rings. The quantitative estimate of drug-likeness (QED) is 0.877. The fourth-order valence-corrected chi connectivity index (χ4v) is 2.06. The van der Waals surface area contributed by atoms with Gasteiger partial charge in [-0.25, -0.2) is 8.78 Å². The third-order valence-corrected chi connectivity index (χ3v) is 3.20. The zero-order valence-corrected chi connectivity index (χ0v) is 10.8. The molecular formula is C12H10F2N2O2S. The molecule has 0 atom stereocenters. The van der Waals surface area contributed by atoms with Gasteiger partial charge >= 0.3 is 0 Å². The SMILES string of the molecule is Cc1cc(NC(=O)CSc2ccc(F)cc2F)no1. The van der Waals surface area contributed by atoms with Crippen molar-refractivity contribution in [2.45, 2.75) is 11.8 Å². The number of rotatable bonds is 4. The maximum Gasteiger partial charge on any atom is 0.235 e. The van der Waals surface area contributed by atoms with Crippen LogP contribution < -0.4 is 5.32 Å². The molecule has 7 heteroatoms. The van der Waals surface area contributed by atoms with Crippen LogP contribution in [0.4, 0.5) is 14.6 Å². The minimum Gasteiger partial charge on any atom is -0.360 e. The fraction of sp³-hybridized carbons (Fsp3) is 0.167. The molecule has 4 nitrogen and oxygen atoms in total. The number of nitrogens with one attached hydrogen (secondary N) is 1. The van der Waals surface area contributed by atoms with Gasteiger partial charge in [0, 0.05) is 17.0 Å². The summed E-state index contributed by atoms with van der Waals surface area (Å²) in [6, 6.07) is 4.79. The second kappa shape index (κ2) is 5.83. The van der Waals surface area contributed by atoms with Crippen LogP contribution in [-0.2, 0) is 4.79 Å². The van der Waals surface area contributed by atoms with E-state index in [1.807, 2.05) is 0 Å². The lowest BCUT2D eigenvalue weighted by Gasteiger charge is -2.03. The van der Waals surface area contributed by atoms with E-state index in [1.165, 1.54) is 6.07 Å². The topological polar surface area (TPSA) is 55.1 Å². The average molecular weight is 284 g/mol. The van der Waals surface area contributed by atoms with Gasteiger partial charge in [-0.05, 0) is 19.1 Å². The van der Waals surface area contributed by atoms with Crippen LogP contribution in [0.3, 0.4) is 0 Å². The lowest BCUT2D eigenvalue weighted by atomic mass is 10.3. The number of hydrogen-bond acceptors (Lipinski definition) is 4.